The minimum absolute atomic E-state index is 0.186. The van der Waals surface area contributed by atoms with Crippen molar-refractivity contribution >= 4 is 17.1 Å². The van der Waals surface area contributed by atoms with Crippen molar-refractivity contribution in [3.05, 3.63) is 23.8 Å². The van der Waals surface area contributed by atoms with Crippen LogP contribution in [0, 0.1) is 0 Å². The lowest BCUT2D eigenvalue weighted by atomic mass is 10.2. The molecule has 1 aromatic carbocycles. The van der Waals surface area contributed by atoms with Gasteiger partial charge in [-0.25, -0.2) is 0 Å². The molecule has 0 aliphatic rings. The molecule has 4 heteroatoms. The lowest BCUT2D eigenvalue weighted by molar-refractivity contribution is 0.621. The van der Waals surface area contributed by atoms with E-state index in [2.05, 4.69) is 4.98 Å². The van der Waals surface area contributed by atoms with Gasteiger partial charge >= 0.3 is 0 Å². The standard InChI is InChI=1S/C8H9N3O/c9-4-5-2-1-3-6-7(5)12-8(10)11-6/h1-3H,4,9H2,(H2,10,11). The summed E-state index contributed by atoms with van der Waals surface area (Å²) in [5, 5.41) is 0. The summed E-state index contributed by atoms with van der Waals surface area (Å²) in [5.41, 5.74) is 13.3. The molecule has 0 aliphatic carbocycles. The van der Waals surface area contributed by atoms with Gasteiger partial charge in [0.25, 0.3) is 6.01 Å². The average Bonchev–Trinajstić information content (AvgIpc) is 2.44. The lowest BCUT2D eigenvalue weighted by Gasteiger charge is -1.94. The van der Waals surface area contributed by atoms with Crippen molar-refractivity contribution in [2.75, 3.05) is 5.73 Å². The zero-order valence-corrected chi connectivity index (χ0v) is 6.45. The number of fused-ring (bicyclic) bond motifs is 1. The molecule has 4 nitrogen and oxygen atoms in total. The summed E-state index contributed by atoms with van der Waals surface area (Å²) in [4.78, 5) is 3.98. The van der Waals surface area contributed by atoms with Crippen LogP contribution in [-0.4, -0.2) is 4.98 Å². The normalized spacial score (nSPS) is 10.8. The van der Waals surface area contributed by atoms with E-state index in [1.807, 2.05) is 18.2 Å². The van der Waals surface area contributed by atoms with Crippen molar-refractivity contribution in [2.24, 2.45) is 5.73 Å². The van der Waals surface area contributed by atoms with Gasteiger partial charge in [0.2, 0.25) is 0 Å². The van der Waals surface area contributed by atoms with Crippen LogP contribution in [0.15, 0.2) is 22.6 Å². The first-order chi connectivity index (χ1) is 5.81. The Morgan fingerprint density at radius 1 is 1.42 bits per heavy atom. The molecule has 0 saturated heterocycles. The van der Waals surface area contributed by atoms with Crippen LogP contribution >= 0.6 is 0 Å². The second-order valence-corrected chi connectivity index (χ2v) is 2.52. The van der Waals surface area contributed by atoms with E-state index in [4.69, 9.17) is 15.9 Å². The van der Waals surface area contributed by atoms with E-state index >= 15 is 0 Å². The number of nitrogens with two attached hydrogens (primary N) is 2. The molecule has 2 rings (SSSR count). The quantitative estimate of drug-likeness (QED) is 0.653. The van der Waals surface area contributed by atoms with Gasteiger partial charge in [0.1, 0.15) is 5.52 Å². The number of nitrogen functional groups attached to an aromatic ring is 1. The highest BCUT2D eigenvalue weighted by Gasteiger charge is 2.05. The molecule has 2 aromatic rings. The van der Waals surface area contributed by atoms with Gasteiger partial charge in [-0.1, -0.05) is 12.1 Å². The third-order valence-corrected chi connectivity index (χ3v) is 1.73. The van der Waals surface area contributed by atoms with Gasteiger partial charge < -0.3 is 15.9 Å². The third-order valence-electron chi connectivity index (χ3n) is 1.73. The van der Waals surface area contributed by atoms with Crippen LogP contribution in [0.2, 0.25) is 0 Å². The monoisotopic (exact) mass is 163 g/mol. The summed E-state index contributed by atoms with van der Waals surface area (Å²) in [6, 6.07) is 5.80. The highest BCUT2D eigenvalue weighted by Crippen LogP contribution is 2.20. The second-order valence-electron chi connectivity index (χ2n) is 2.52. The van der Waals surface area contributed by atoms with Crippen molar-refractivity contribution in [1.82, 2.24) is 4.98 Å². The maximum Gasteiger partial charge on any atom is 0.292 e. The molecular weight excluding hydrogens is 154 g/mol. The molecule has 0 unspecified atom stereocenters. The fourth-order valence-corrected chi connectivity index (χ4v) is 1.18. The smallest absolute Gasteiger partial charge is 0.292 e. The van der Waals surface area contributed by atoms with Crippen LogP contribution in [-0.2, 0) is 6.54 Å². The number of para-hydroxylation sites is 1. The molecular formula is C8H9N3O. The van der Waals surface area contributed by atoms with Gasteiger partial charge in [-0.05, 0) is 6.07 Å². The number of rotatable bonds is 1. The van der Waals surface area contributed by atoms with Crippen molar-refractivity contribution < 1.29 is 4.42 Å². The number of anilines is 1. The van der Waals surface area contributed by atoms with Crippen LogP contribution in [0.5, 0.6) is 0 Å². The molecule has 12 heavy (non-hydrogen) atoms. The Labute approximate surface area is 69.2 Å². The zero-order chi connectivity index (χ0) is 8.55. The molecule has 1 aromatic heterocycles. The first-order valence-electron chi connectivity index (χ1n) is 3.65. The van der Waals surface area contributed by atoms with Gasteiger partial charge in [-0.2, -0.15) is 4.98 Å². The Kier molecular flexibility index (Phi) is 1.48. The molecule has 0 fully saturated rings. The lowest BCUT2D eigenvalue weighted by Crippen LogP contribution is -1.95. The highest BCUT2D eigenvalue weighted by molar-refractivity contribution is 5.77. The number of nitrogens with zero attached hydrogens (tertiary/aromatic N) is 1. The number of aromatic nitrogens is 1. The van der Waals surface area contributed by atoms with Crippen LogP contribution < -0.4 is 11.5 Å². The summed E-state index contributed by atoms with van der Waals surface area (Å²) in [6.45, 7) is 0.436. The molecule has 0 amide bonds. The molecule has 4 N–H and O–H groups in total. The summed E-state index contributed by atoms with van der Waals surface area (Å²) >= 11 is 0. The van der Waals surface area contributed by atoms with E-state index in [0.717, 1.165) is 11.1 Å². The van der Waals surface area contributed by atoms with Crippen molar-refractivity contribution in [2.45, 2.75) is 6.54 Å². The largest absolute Gasteiger partial charge is 0.423 e. The van der Waals surface area contributed by atoms with Gasteiger partial charge in [0.15, 0.2) is 5.58 Å². The molecule has 0 atom stereocenters. The summed E-state index contributed by atoms with van der Waals surface area (Å²) in [5.74, 6) is 0. The van der Waals surface area contributed by atoms with Crippen molar-refractivity contribution in [3.63, 3.8) is 0 Å². The first-order valence-corrected chi connectivity index (χ1v) is 3.65. The summed E-state index contributed by atoms with van der Waals surface area (Å²) < 4.78 is 5.18. The van der Waals surface area contributed by atoms with E-state index in [0.29, 0.717) is 12.1 Å². The van der Waals surface area contributed by atoms with E-state index in [9.17, 15) is 0 Å². The average molecular weight is 163 g/mol. The SMILES string of the molecule is NCc1cccc2nc(N)oc12. The number of hydrogen-bond donors (Lipinski definition) is 2. The molecule has 62 valence electrons. The van der Waals surface area contributed by atoms with Crippen molar-refractivity contribution in [1.29, 1.82) is 0 Å². The van der Waals surface area contributed by atoms with Crippen LogP contribution in [0.4, 0.5) is 6.01 Å². The zero-order valence-electron chi connectivity index (χ0n) is 6.45. The molecule has 0 bridgehead atoms. The maximum atomic E-state index is 5.50. The Morgan fingerprint density at radius 3 is 3.00 bits per heavy atom. The Balaban J connectivity index is 2.78. The first kappa shape index (κ1) is 7.12. The van der Waals surface area contributed by atoms with E-state index in [1.54, 1.807) is 0 Å². The molecule has 0 aliphatic heterocycles. The predicted octanol–water partition coefficient (Wildman–Crippen LogP) is 0.869. The van der Waals surface area contributed by atoms with Gasteiger partial charge in [-0.15, -0.1) is 0 Å². The third kappa shape index (κ3) is 0.931. The Morgan fingerprint density at radius 2 is 2.25 bits per heavy atom. The number of benzene rings is 1. The second kappa shape index (κ2) is 2.49. The molecule has 1 heterocycles. The Bertz CT molecular complexity index is 408. The van der Waals surface area contributed by atoms with E-state index in [1.165, 1.54) is 0 Å². The highest BCUT2D eigenvalue weighted by atomic mass is 16.4. The molecule has 0 spiro atoms. The van der Waals surface area contributed by atoms with Gasteiger partial charge in [-0.3, -0.25) is 0 Å². The summed E-state index contributed by atoms with van der Waals surface area (Å²) in [6.07, 6.45) is 0. The minimum Gasteiger partial charge on any atom is -0.423 e. The number of oxazole rings is 1. The fraction of sp³-hybridized carbons (Fsp3) is 0.125. The van der Waals surface area contributed by atoms with Crippen LogP contribution in [0.25, 0.3) is 11.1 Å². The number of hydrogen-bond acceptors (Lipinski definition) is 4. The Hall–Kier alpha value is -1.55. The van der Waals surface area contributed by atoms with E-state index < -0.39 is 0 Å². The van der Waals surface area contributed by atoms with Gasteiger partial charge in [0.05, 0.1) is 0 Å². The predicted molar refractivity (Wildman–Crippen MR) is 46.3 cm³/mol. The van der Waals surface area contributed by atoms with Gasteiger partial charge in [0, 0.05) is 12.1 Å². The van der Waals surface area contributed by atoms with Crippen LogP contribution in [0.3, 0.4) is 0 Å². The van der Waals surface area contributed by atoms with E-state index in [-0.39, 0.29) is 6.01 Å². The van der Waals surface area contributed by atoms with Crippen LogP contribution in [0.1, 0.15) is 5.56 Å². The molecule has 0 radical (unpaired) electrons. The minimum atomic E-state index is 0.186. The fourth-order valence-electron chi connectivity index (χ4n) is 1.18. The topological polar surface area (TPSA) is 78.1 Å². The van der Waals surface area contributed by atoms with Crippen molar-refractivity contribution in [3.8, 4) is 0 Å². The maximum absolute atomic E-state index is 5.50. The molecule has 0 saturated carbocycles. The summed E-state index contributed by atoms with van der Waals surface area (Å²) in [7, 11) is 0.